The fourth-order valence-electron chi connectivity index (χ4n) is 1.55. The standard InChI is InChI=1S/C12H23NO2S/c1-5-6-16-9-10-7-13(8-10)11(14)15-12(2,3)4/h10H,5-9H2,1-4H3. The Labute approximate surface area is 103 Å². The molecule has 1 aliphatic rings. The van der Waals surface area contributed by atoms with Gasteiger partial charge < -0.3 is 9.64 Å². The van der Waals surface area contributed by atoms with Crippen LogP contribution in [0.5, 0.6) is 0 Å². The lowest BCUT2D eigenvalue weighted by molar-refractivity contribution is 0.00215. The number of hydrogen-bond acceptors (Lipinski definition) is 3. The molecule has 16 heavy (non-hydrogen) atoms. The first kappa shape index (κ1) is 13.7. The van der Waals surface area contributed by atoms with Crippen LogP contribution in [0.15, 0.2) is 0 Å². The maximum atomic E-state index is 11.6. The number of carbonyl (C=O) groups excluding carboxylic acids is 1. The second-order valence-corrected chi connectivity index (χ2v) is 6.48. The SMILES string of the molecule is CCCSCC1CN(C(=O)OC(C)(C)C)C1. The summed E-state index contributed by atoms with van der Waals surface area (Å²) in [6.45, 7) is 9.63. The fourth-order valence-corrected chi connectivity index (χ4v) is 2.54. The van der Waals surface area contributed by atoms with E-state index < -0.39 is 0 Å². The quantitative estimate of drug-likeness (QED) is 0.713. The van der Waals surface area contributed by atoms with E-state index in [0.717, 1.165) is 13.1 Å². The molecule has 1 rings (SSSR count). The molecular weight excluding hydrogens is 222 g/mol. The van der Waals surface area contributed by atoms with Crippen molar-refractivity contribution in [1.29, 1.82) is 0 Å². The van der Waals surface area contributed by atoms with Gasteiger partial charge in [0, 0.05) is 19.0 Å². The summed E-state index contributed by atoms with van der Waals surface area (Å²) < 4.78 is 5.30. The van der Waals surface area contributed by atoms with Crippen LogP contribution >= 0.6 is 11.8 Å². The number of likely N-dealkylation sites (tertiary alicyclic amines) is 1. The molecule has 0 bridgehead atoms. The normalized spacial score (nSPS) is 17.1. The molecule has 1 aliphatic heterocycles. The average Bonchev–Trinajstić information content (AvgIpc) is 2.05. The molecule has 1 fully saturated rings. The summed E-state index contributed by atoms with van der Waals surface area (Å²) in [6, 6.07) is 0. The van der Waals surface area contributed by atoms with Crippen molar-refractivity contribution in [3.8, 4) is 0 Å². The third kappa shape index (κ3) is 4.64. The van der Waals surface area contributed by atoms with Gasteiger partial charge in [0.1, 0.15) is 5.60 Å². The molecule has 0 unspecified atom stereocenters. The Morgan fingerprint density at radius 3 is 2.56 bits per heavy atom. The number of nitrogens with zero attached hydrogens (tertiary/aromatic N) is 1. The van der Waals surface area contributed by atoms with Gasteiger partial charge in [-0.15, -0.1) is 0 Å². The zero-order valence-corrected chi connectivity index (χ0v) is 11.6. The highest BCUT2D eigenvalue weighted by Crippen LogP contribution is 2.22. The van der Waals surface area contributed by atoms with Gasteiger partial charge in [-0.1, -0.05) is 6.92 Å². The third-order valence-electron chi connectivity index (χ3n) is 2.31. The summed E-state index contributed by atoms with van der Waals surface area (Å²) in [5.74, 6) is 3.07. The first-order chi connectivity index (χ1) is 7.42. The molecule has 4 heteroatoms. The van der Waals surface area contributed by atoms with E-state index in [-0.39, 0.29) is 11.7 Å². The van der Waals surface area contributed by atoms with Crippen LogP contribution in [-0.2, 0) is 4.74 Å². The number of rotatable bonds is 4. The van der Waals surface area contributed by atoms with Crippen molar-refractivity contribution in [2.24, 2.45) is 5.92 Å². The fraction of sp³-hybridized carbons (Fsp3) is 0.917. The molecular formula is C12H23NO2S. The molecule has 0 radical (unpaired) electrons. The van der Waals surface area contributed by atoms with Crippen LogP contribution in [0.2, 0.25) is 0 Å². The number of ether oxygens (including phenoxy) is 1. The van der Waals surface area contributed by atoms with Crippen molar-refractivity contribution in [3.63, 3.8) is 0 Å². The molecule has 0 aromatic rings. The minimum Gasteiger partial charge on any atom is -0.444 e. The predicted molar refractivity (Wildman–Crippen MR) is 68.9 cm³/mol. The van der Waals surface area contributed by atoms with E-state index in [9.17, 15) is 4.79 Å². The minimum absolute atomic E-state index is 0.163. The summed E-state index contributed by atoms with van der Waals surface area (Å²) in [5.41, 5.74) is -0.376. The van der Waals surface area contributed by atoms with E-state index in [1.807, 2.05) is 32.5 Å². The average molecular weight is 245 g/mol. The lowest BCUT2D eigenvalue weighted by Crippen LogP contribution is -2.52. The van der Waals surface area contributed by atoms with Crippen LogP contribution in [-0.4, -0.2) is 41.2 Å². The second kappa shape index (κ2) is 5.80. The van der Waals surface area contributed by atoms with Gasteiger partial charge in [-0.2, -0.15) is 11.8 Å². The molecule has 0 aliphatic carbocycles. The van der Waals surface area contributed by atoms with Crippen LogP contribution in [0.3, 0.4) is 0 Å². The first-order valence-electron chi connectivity index (χ1n) is 5.98. The van der Waals surface area contributed by atoms with Crippen molar-refractivity contribution in [2.45, 2.75) is 39.7 Å². The highest BCUT2D eigenvalue weighted by atomic mass is 32.2. The Bertz CT molecular complexity index is 232. The monoisotopic (exact) mass is 245 g/mol. The molecule has 0 atom stereocenters. The van der Waals surface area contributed by atoms with Crippen molar-refractivity contribution < 1.29 is 9.53 Å². The predicted octanol–water partition coefficient (Wildman–Crippen LogP) is 3.00. The summed E-state index contributed by atoms with van der Waals surface area (Å²) in [4.78, 5) is 13.4. The van der Waals surface area contributed by atoms with Gasteiger partial charge >= 0.3 is 6.09 Å². The number of amides is 1. The Morgan fingerprint density at radius 1 is 1.44 bits per heavy atom. The van der Waals surface area contributed by atoms with Crippen molar-refractivity contribution >= 4 is 17.9 Å². The molecule has 0 N–H and O–H groups in total. The molecule has 0 spiro atoms. The van der Waals surface area contributed by atoms with Crippen molar-refractivity contribution in [3.05, 3.63) is 0 Å². The topological polar surface area (TPSA) is 29.5 Å². The largest absolute Gasteiger partial charge is 0.444 e. The van der Waals surface area contributed by atoms with Crippen LogP contribution in [0.25, 0.3) is 0 Å². The van der Waals surface area contributed by atoms with E-state index in [2.05, 4.69) is 6.92 Å². The third-order valence-corrected chi connectivity index (χ3v) is 3.71. The van der Waals surface area contributed by atoms with Gasteiger partial charge in [0.15, 0.2) is 0 Å². The van der Waals surface area contributed by atoms with E-state index in [1.54, 1.807) is 4.90 Å². The Kier molecular flexibility index (Phi) is 4.96. The molecule has 0 aromatic heterocycles. The zero-order chi connectivity index (χ0) is 12.2. The second-order valence-electron chi connectivity index (χ2n) is 5.33. The summed E-state index contributed by atoms with van der Waals surface area (Å²) in [7, 11) is 0. The Hall–Kier alpha value is -0.380. The highest BCUT2D eigenvalue weighted by molar-refractivity contribution is 7.99. The Morgan fingerprint density at radius 2 is 2.06 bits per heavy atom. The summed E-state index contributed by atoms with van der Waals surface area (Å²) >= 11 is 1.99. The van der Waals surface area contributed by atoms with Gasteiger partial charge in [0.2, 0.25) is 0 Å². The van der Waals surface area contributed by atoms with Crippen LogP contribution in [0.4, 0.5) is 4.79 Å². The lowest BCUT2D eigenvalue weighted by atomic mass is 10.0. The van der Waals surface area contributed by atoms with E-state index >= 15 is 0 Å². The first-order valence-corrected chi connectivity index (χ1v) is 7.13. The summed E-state index contributed by atoms with van der Waals surface area (Å²) in [6.07, 6.45) is 1.07. The van der Waals surface area contributed by atoms with Gasteiger partial charge in [0.05, 0.1) is 0 Å². The number of carbonyl (C=O) groups is 1. The molecule has 0 aromatic carbocycles. The number of thioether (sulfide) groups is 1. The van der Waals surface area contributed by atoms with Crippen LogP contribution in [0.1, 0.15) is 34.1 Å². The number of hydrogen-bond donors (Lipinski definition) is 0. The maximum Gasteiger partial charge on any atom is 0.410 e. The van der Waals surface area contributed by atoms with Crippen molar-refractivity contribution in [1.82, 2.24) is 4.90 Å². The van der Waals surface area contributed by atoms with Gasteiger partial charge in [-0.3, -0.25) is 0 Å². The van der Waals surface area contributed by atoms with E-state index in [1.165, 1.54) is 17.9 Å². The molecule has 1 amide bonds. The van der Waals surface area contributed by atoms with Crippen LogP contribution in [0, 0.1) is 5.92 Å². The van der Waals surface area contributed by atoms with Gasteiger partial charge in [-0.25, -0.2) is 4.79 Å². The maximum absolute atomic E-state index is 11.6. The smallest absolute Gasteiger partial charge is 0.410 e. The van der Waals surface area contributed by atoms with Gasteiger partial charge in [0.25, 0.3) is 0 Å². The Balaban J connectivity index is 2.13. The molecule has 1 heterocycles. The van der Waals surface area contributed by atoms with Gasteiger partial charge in [-0.05, 0) is 38.7 Å². The highest BCUT2D eigenvalue weighted by Gasteiger charge is 2.33. The zero-order valence-electron chi connectivity index (χ0n) is 10.8. The molecule has 3 nitrogen and oxygen atoms in total. The minimum atomic E-state index is -0.376. The summed E-state index contributed by atoms with van der Waals surface area (Å²) in [5, 5.41) is 0. The lowest BCUT2D eigenvalue weighted by Gasteiger charge is -2.39. The van der Waals surface area contributed by atoms with Crippen molar-refractivity contribution in [2.75, 3.05) is 24.6 Å². The van der Waals surface area contributed by atoms with E-state index in [0.29, 0.717) is 5.92 Å². The molecule has 94 valence electrons. The van der Waals surface area contributed by atoms with Crippen LogP contribution < -0.4 is 0 Å². The molecule has 1 saturated heterocycles. The van der Waals surface area contributed by atoms with E-state index in [4.69, 9.17) is 4.74 Å². The molecule has 0 saturated carbocycles.